The van der Waals surface area contributed by atoms with Crippen LogP contribution in [-0.4, -0.2) is 13.1 Å². The van der Waals surface area contributed by atoms with E-state index in [1.807, 2.05) is 12.1 Å². The Hall–Kier alpha value is -2.51. The maximum absolute atomic E-state index is 11.4. The van der Waals surface area contributed by atoms with Crippen molar-refractivity contribution in [1.82, 2.24) is 0 Å². The molecule has 0 radical (unpaired) electrons. The second kappa shape index (κ2) is 6.78. The zero-order valence-electron chi connectivity index (χ0n) is 11.3. The van der Waals surface area contributed by atoms with Crippen molar-refractivity contribution in [2.75, 3.05) is 7.11 Å². The van der Waals surface area contributed by atoms with Crippen LogP contribution in [0, 0.1) is 11.3 Å². The third kappa shape index (κ3) is 3.74. The van der Waals surface area contributed by atoms with Crippen molar-refractivity contribution in [3.05, 3.63) is 64.2 Å². The number of benzene rings is 2. The van der Waals surface area contributed by atoms with Gasteiger partial charge >= 0.3 is 5.97 Å². The normalized spacial score (nSPS) is 9.76. The lowest BCUT2D eigenvalue weighted by molar-refractivity contribution is 0.0600. The van der Waals surface area contributed by atoms with E-state index in [-0.39, 0.29) is 6.61 Å². The second-order valence-corrected chi connectivity index (χ2v) is 4.64. The van der Waals surface area contributed by atoms with Crippen LogP contribution in [0.4, 0.5) is 0 Å². The molecule has 0 heterocycles. The van der Waals surface area contributed by atoms with Gasteiger partial charge in [0.05, 0.1) is 29.3 Å². The predicted molar refractivity (Wildman–Crippen MR) is 78.3 cm³/mol. The highest BCUT2D eigenvalue weighted by molar-refractivity contribution is 6.32. The highest BCUT2D eigenvalue weighted by Gasteiger charge is 2.07. The van der Waals surface area contributed by atoms with Crippen LogP contribution in [-0.2, 0) is 11.3 Å². The molecule has 2 aromatic rings. The molecule has 4 nitrogen and oxygen atoms in total. The molecule has 0 aliphatic heterocycles. The van der Waals surface area contributed by atoms with E-state index in [1.165, 1.54) is 7.11 Å². The molecule has 2 rings (SSSR count). The van der Waals surface area contributed by atoms with Crippen molar-refractivity contribution in [1.29, 1.82) is 5.26 Å². The van der Waals surface area contributed by atoms with Gasteiger partial charge in [0, 0.05) is 0 Å². The van der Waals surface area contributed by atoms with Crippen LogP contribution >= 0.6 is 11.6 Å². The molecule has 21 heavy (non-hydrogen) atoms. The highest BCUT2D eigenvalue weighted by Crippen LogP contribution is 2.26. The third-order valence-corrected chi connectivity index (χ3v) is 3.10. The smallest absolute Gasteiger partial charge is 0.337 e. The molecule has 0 bridgehead atoms. The molecular weight excluding hydrogens is 290 g/mol. The molecule has 5 heteroatoms. The van der Waals surface area contributed by atoms with Crippen LogP contribution in [0.3, 0.4) is 0 Å². The fraction of sp³-hybridized carbons (Fsp3) is 0.125. The van der Waals surface area contributed by atoms with Crippen LogP contribution in [0.25, 0.3) is 0 Å². The molecule has 0 aromatic heterocycles. The summed E-state index contributed by atoms with van der Waals surface area (Å²) in [5.41, 5.74) is 1.75. The number of rotatable bonds is 4. The van der Waals surface area contributed by atoms with E-state index in [2.05, 4.69) is 4.74 Å². The number of methoxy groups -OCH3 is 1. The summed E-state index contributed by atoms with van der Waals surface area (Å²) >= 11 is 6.03. The third-order valence-electron chi connectivity index (χ3n) is 2.80. The maximum Gasteiger partial charge on any atom is 0.337 e. The zero-order valence-corrected chi connectivity index (χ0v) is 12.1. The average Bonchev–Trinajstić information content (AvgIpc) is 2.53. The van der Waals surface area contributed by atoms with E-state index < -0.39 is 5.97 Å². The Balaban J connectivity index is 2.10. The Kier molecular flexibility index (Phi) is 4.81. The summed E-state index contributed by atoms with van der Waals surface area (Å²) in [6.07, 6.45) is 0. The Morgan fingerprint density at radius 2 is 2.10 bits per heavy atom. The number of nitriles is 1. The van der Waals surface area contributed by atoms with E-state index in [1.54, 1.807) is 36.4 Å². The standard InChI is InChI=1S/C16H12ClNO3/c1-20-16(19)13-4-2-3-12(7-13)10-21-15-6-5-11(9-18)8-14(15)17/h2-8H,10H2,1H3. The van der Waals surface area contributed by atoms with E-state index in [0.717, 1.165) is 5.56 Å². The largest absolute Gasteiger partial charge is 0.487 e. The molecule has 106 valence electrons. The number of nitrogens with zero attached hydrogens (tertiary/aromatic N) is 1. The molecule has 0 saturated heterocycles. The molecule has 0 atom stereocenters. The van der Waals surface area contributed by atoms with Crippen LogP contribution in [0.2, 0.25) is 5.02 Å². The van der Waals surface area contributed by atoms with Gasteiger partial charge < -0.3 is 9.47 Å². The van der Waals surface area contributed by atoms with Gasteiger partial charge in [-0.1, -0.05) is 23.7 Å². The molecule has 0 aliphatic rings. The average molecular weight is 302 g/mol. The van der Waals surface area contributed by atoms with Gasteiger partial charge in [0.2, 0.25) is 0 Å². The molecule has 0 N–H and O–H groups in total. The Labute approximate surface area is 127 Å². The van der Waals surface area contributed by atoms with Crippen molar-refractivity contribution in [2.45, 2.75) is 6.61 Å². The van der Waals surface area contributed by atoms with E-state index >= 15 is 0 Å². The lowest BCUT2D eigenvalue weighted by Gasteiger charge is -2.09. The van der Waals surface area contributed by atoms with Crippen LogP contribution < -0.4 is 4.74 Å². The minimum atomic E-state index is -0.395. The van der Waals surface area contributed by atoms with Crippen molar-refractivity contribution in [3.8, 4) is 11.8 Å². The Bertz CT molecular complexity index is 707. The lowest BCUT2D eigenvalue weighted by Crippen LogP contribution is -2.03. The van der Waals surface area contributed by atoms with Crippen LogP contribution in [0.15, 0.2) is 42.5 Å². The highest BCUT2D eigenvalue weighted by atomic mass is 35.5. The van der Waals surface area contributed by atoms with Crippen molar-refractivity contribution in [2.24, 2.45) is 0 Å². The molecular formula is C16H12ClNO3. The summed E-state index contributed by atoms with van der Waals surface area (Å²) in [7, 11) is 1.34. The first-order valence-corrected chi connectivity index (χ1v) is 6.51. The predicted octanol–water partition coefficient (Wildman–Crippen LogP) is 3.58. The number of ether oxygens (including phenoxy) is 2. The lowest BCUT2D eigenvalue weighted by atomic mass is 10.1. The summed E-state index contributed by atoms with van der Waals surface area (Å²) < 4.78 is 10.3. The van der Waals surface area contributed by atoms with Gasteiger partial charge in [0.25, 0.3) is 0 Å². The zero-order chi connectivity index (χ0) is 15.2. The molecule has 0 amide bonds. The Morgan fingerprint density at radius 3 is 2.76 bits per heavy atom. The topological polar surface area (TPSA) is 59.3 Å². The summed E-state index contributed by atoms with van der Waals surface area (Å²) in [5, 5.41) is 9.15. The fourth-order valence-electron chi connectivity index (χ4n) is 1.75. The van der Waals surface area contributed by atoms with Crippen LogP contribution in [0.5, 0.6) is 5.75 Å². The van der Waals surface area contributed by atoms with Gasteiger partial charge in [-0.15, -0.1) is 0 Å². The minimum Gasteiger partial charge on any atom is -0.487 e. The SMILES string of the molecule is COC(=O)c1cccc(COc2ccc(C#N)cc2Cl)c1. The van der Waals surface area contributed by atoms with Gasteiger partial charge in [-0.2, -0.15) is 5.26 Å². The number of halogens is 1. The van der Waals surface area contributed by atoms with Crippen molar-refractivity contribution < 1.29 is 14.3 Å². The minimum absolute atomic E-state index is 0.260. The summed E-state index contributed by atoms with van der Waals surface area (Å²) in [6, 6.07) is 13.8. The first kappa shape index (κ1) is 14.9. The van der Waals surface area contributed by atoms with Gasteiger partial charge in [0.15, 0.2) is 0 Å². The number of carbonyl (C=O) groups excluding carboxylic acids is 1. The van der Waals surface area contributed by atoms with E-state index in [0.29, 0.717) is 21.9 Å². The second-order valence-electron chi connectivity index (χ2n) is 4.24. The molecule has 2 aromatic carbocycles. The maximum atomic E-state index is 11.4. The van der Waals surface area contributed by atoms with Gasteiger partial charge in [0.1, 0.15) is 12.4 Å². The van der Waals surface area contributed by atoms with Gasteiger partial charge in [-0.25, -0.2) is 4.79 Å². The number of hydrogen-bond donors (Lipinski definition) is 0. The first-order chi connectivity index (χ1) is 10.1. The summed E-state index contributed by atoms with van der Waals surface area (Å²) in [4.78, 5) is 11.4. The van der Waals surface area contributed by atoms with Crippen molar-refractivity contribution >= 4 is 17.6 Å². The molecule has 0 fully saturated rings. The van der Waals surface area contributed by atoms with E-state index in [9.17, 15) is 4.79 Å². The Morgan fingerprint density at radius 1 is 1.29 bits per heavy atom. The van der Waals surface area contributed by atoms with Gasteiger partial charge in [-0.3, -0.25) is 0 Å². The molecule has 0 unspecified atom stereocenters. The summed E-state index contributed by atoms with van der Waals surface area (Å²) in [5.74, 6) is 0.0902. The van der Waals surface area contributed by atoms with E-state index in [4.69, 9.17) is 21.6 Å². The number of esters is 1. The quantitative estimate of drug-likeness (QED) is 0.810. The number of carbonyl (C=O) groups is 1. The monoisotopic (exact) mass is 301 g/mol. The summed E-state index contributed by atoms with van der Waals surface area (Å²) in [6.45, 7) is 0.260. The molecule has 0 saturated carbocycles. The van der Waals surface area contributed by atoms with Gasteiger partial charge in [-0.05, 0) is 35.9 Å². The first-order valence-electron chi connectivity index (χ1n) is 6.13. The molecule has 0 spiro atoms. The molecule has 0 aliphatic carbocycles. The van der Waals surface area contributed by atoms with Crippen LogP contribution in [0.1, 0.15) is 21.5 Å². The van der Waals surface area contributed by atoms with Crippen molar-refractivity contribution in [3.63, 3.8) is 0 Å². The number of hydrogen-bond acceptors (Lipinski definition) is 4. The fourth-order valence-corrected chi connectivity index (χ4v) is 1.99.